The standard InChI is InChI=1S/C22H15ClFNO2S/c23-20-13-16(8-11-21(20)24)22-18-5-3-1-2-4-15(18)12-19(22)14-6-9-17(10-7-14)28(25,26)27/h1-13H,(H2,25,26,27). The highest BCUT2D eigenvalue weighted by molar-refractivity contribution is 7.89. The minimum atomic E-state index is -3.77. The maximum Gasteiger partial charge on any atom is 0.238 e. The maximum absolute atomic E-state index is 13.7. The summed E-state index contributed by atoms with van der Waals surface area (Å²) in [5, 5.41) is 5.24. The predicted molar refractivity (Wildman–Crippen MR) is 110 cm³/mol. The second-order valence-corrected chi connectivity index (χ2v) is 8.38. The lowest BCUT2D eigenvalue weighted by atomic mass is 9.96. The van der Waals surface area contributed by atoms with E-state index in [4.69, 9.17) is 16.7 Å². The van der Waals surface area contributed by atoms with Gasteiger partial charge in [0.15, 0.2) is 0 Å². The van der Waals surface area contributed by atoms with Gasteiger partial charge in [-0.3, -0.25) is 0 Å². The number of nitrogens with two attached hydrogens (primary N) is 1. The molecular weight excluding hydrogens is 397 g/mol. The zero-order chi connectivity index (χ0) is 19.9. The van der Waals surface area contributed by atoms with Crippen LogP contribution in [0.1, 0.15) is 0 Å². The van der Waals surface area contributed by atoms with Crippen molar-refractivity contribution in [2.45, 2.75) is 4.90 Å². The van der Waals surface area contributed by atoms with Crippen molar-refractivity contribution in [1.82, 2.24) is 0 Å². The normalized spacial score (nSPS) is 11.7. The van der Waals surface area contributed by atoms with Gasteiger partial charge in [0.25, 0.3) is 0 Å². The molecule has 0 atom stereocenters. The van der Waals surface area contributed by atoms with Gasteiger partial charge in [-0.2, -0.15) is 0 Å². The van der Waals surface area contributed by atoms with Crippen LogP contribution >= 0.6 is 11.6 Å². The molecule has 140 valence electrons. The van der Waals surface area contributed by atoms with E-state index in [2.05, 4.69) is 0 Å². The van der Waals surface area contributed by atoms with Crippen molar-refractivity contribution < 1.29 is 12.8 Å². The first-order valence-corrected chi connectivity index (χ1v) is 10.4. The monoisotopic (exact) mass is 411 g/mol. The predicted octanol–water partition coefficient (Wildman–Crippen LogP) is 5.57. The molecule has 0 saturated carbocycles. The Labute approximate surface area is 167 Å². The van der Waals surface area contributed by atoms with Crippen LogP contribution in [0.3, 0.4) is 0 Å². The third-order valence-corrected chi connectivity index (χ3v) is 5.83. The molecule has 0 unspecified atom stereocenters. The number of fused-ring (bicyclic) bond motifs is 1. The molecule has 28 heavy (non-hydrogen) atoms. The van der Waals surface area contributed by atoms with Gasteiger partial charge in [0, 0.05) is 0 Å². The highest BCUT2D eigenvalue weighted by Gasteiger charge is 2.19. The number of rotatable bonds is 3. The van der Waals surface area contributed by atoms with E-state index in [0.29, 0.717) is 0 Å². The van der Waals surface area contributed by atoms with E-state index >= 15 is 0 Å². The molecule has 0 aliphatic heterocycles. The maximum atomic E-state index is 13.7. The van der Waals surface area contributed by atoms with Crippen molar-refractivity contribution in [1.29, 1.82) is 0 Å². The van der Waals surface area contributed by atoms with E-state index in [1.165, 1.54) is 18.2 Å². The van der Waals surface area contributed by atoms with Gasteiger partial charge in [0.2, 0.25) is 10.0 Å². The summed E-state index contributed by atoms with van der Waals surface area (Å²) in [7, 11) is -3.77. The molecule has 6 heteroatoms. The number of primary sulfonamides is 1. The van der Waals surface area contributed by atoms with Crippen LogP contribution in [-0.2, 0) is 10.0 Å². The van der Waals surface area contributed by atoms with Gasteiger partial charge in [-0.15, -0.1) is 0 Å². The zero-order valence-electron chi connectivity index (χ0n) is 14.6. The quantitative estimate of drug-likeness (QED) is 0.479. The molecule has 2 N–H and O–H groups in total. The van der Waals surface area contributed by atoms with Crippen LogP contribution in [0.5, 0.6) is 0 Å². The average molecular weight is 412 g/mol. The van der Waals surface area contributed by atoms with Gasteiger partial charge in [-0.1, -0.05) is 60.1 Å². The van der Waals surface area contributed by atoms with Gasteiger partial charge >= 0.3 is 0 Å². The molecule has 0 heterocycles. The lowest BCUT2D eigenvalue weighted by Gasteiger charge is -2.09. The Hall–Kier alpha value is -2.73. The first-order chi connectivity index (χ1) is 13.3. The van der Waals surface area contributed by atoms with Crippen molar-refractivity contribution >= 4 is 21.6 Å². The van der Waals surface area contributed by atoms with Crippen LogP contribution < -0.4 is 5.14 Å². The van der Waals surface area contributed by atoms with Crippen molar-refractivity contribution in [3.05, 3.63) is 89.7 Å². The lowest BCUT2D eigenvalue weighted by Crippen LogP contribution is -2.11. The Morgan fingerprint density at radius 1 is 0.750 bits per heavy atom. The smallest absolute Gasteiger partial charge is 0.225 e. The van der Waals surface area contributed by atoms with E-state index in [0.717, 1.165) is 33.4 Å². The minimum absolute atomic E-state index is 0.0441. The Kier molecular flexibility index (Phi) is 4.67. The third-order valence-electron chi connectivity index (χ3n) is 4.61. The first-order valence-electron chi connectivity index (χ1n) is 8.45. The molecular formula is C22H15ClFNO2S. The van der Waals surface area contributed by atoms with Crippen molar-refractivity contribution in [2.24, 2.45) is 5.14 Å². The Morgan fingerprint density at radius 2 is 1.43 bits per heavy atom. The van der Waals surface area contributed by atoms with Crippen LogP contribution in [0, 0.1) is 5.82 Å². The average Bonchev–Trinajstić information content (AvgIpc) is 2.86. The number of halogens is 2. The van der Waals surface area contributed by atoms with Crippen molar-refractivity contribution in [2.75, 3.05) is 0 Å². The molecule has 0 saturated heterocycles. The molecule has 3 nitrogen and oxygen atoms in total. The fourth-order valence-corrected chi connectivity index (χ4v) is 4.00. The van der Waals surface area contributed by atoms with Crippen LogP contribution in [0.15, 0.2) is 83.8 Å². The summed E-state index contributed by atoms with van der Waals surface area (Å²) in [6, 6.07) is 22.8. The summed E-state index contributed by atoms with van der Waals surface area (Å²) in [6.07, 6.45) is 0. The van der Waals surface area contributed by atoms with Gasteiger partial charge < -0.3 is 0 Å². The fraction of sp³-hybridized carbons (Fsp3) is 0. The summed E-state index contributed by atoms with van der Waals surface area (Å²) in [4.78, 5) is 0.0464. The zero-order valence-corrected chi connectivity index (χ0v) is 16.1. The topological polar surface area (TPSA) is 60.2 Å². The Balaban J connectivity index is 1.98. The second-order valence-electron chi connectivity index (χ2n) is 6.41. The summed E-state index contributed by atoms with van der Waals surface area (Å²) in [5.74, 6) is -0.481. The van der Waals surface area contributed by atoms with Crippen LogP contribution in [0.2, 0.25) is 5.02 Å². The molecule has 0 fully saturated rings. The highest BCUT2D eigenvalue weighted by atomic mass is 35.5. The molecule has 2 aromatic carbocycles. The van der Waals surface area contributed by atoms with Gasteiger partial charge in [0.05, 0.1) is 9.92 Å². The first kappa shape index (κ1) is 18.6. The summed E-state index contributed by atoms with van der Waals surface area (Å²) >= 11 is 6.02. The van der Waals surface area contributed by atoms with Crippen LogP contribution in [0.4, 0.5) is 4.39 Å². The van der Waals surface area contributed by atoms with Gasteiger partial charge in [-0.05, 0) is 63.7 Å². The minimum Gasteiger partial charge on any atom is -0.225 e. The number of hydrogen-bond acceptors (Lipinski definition) is 2. The van der Waals surface area contributed by atoms with Gasteiger partial charge in [0.1, 0.15) is 5.82 Å². The second kappa shape index (κ2) is 7.02. The van der Waals surface area contributed by atoms with E-state index in [1.807, 2.05) is 36.4 Å². The number of hydrogen-bond donors (Lipinski definition) is 1. The Morgan fingerprint density at radius 3 is 2.11 bits per heavy atom. The molecule has 2 aliphatic rings. The molecule has 0 spiro atoms. The largest absolute Gasteiger partial charge is 0.238 e. The van der Waals surface area contributed by atoms with Crippen LogP contribution in [-0.4, -0.2) is 8.42 Å². The molecule has 0 bridgehead atoms. The molecule has 0 aromatic heterocycles. The third kappa shape index (κ3) is 3.40. The summed E-state index contributed by atoms with van der Waals surface area (Å²) in [6.45, 7) is 0. The van der Waals surface area contributed by atoms with Crippen LogP contribution in [0.25, 0.3) is 33.4 Å². The lowest BCUT2D eigenvalue weighted by molar-refractivity contribution is 0.598. The van der Waals surface area contributed by atoms with Crippen molar-refractivity contribution in [3.63, 3.8) is 0 Å². The van der Waals surface area contributed by atoms with E-state index in [9.17, 15) is 12.8 Å². The number of sulfonamides is 1. The summed E-state index contributed by atoms with van der Waals surface area (Å²) < 4.78 is 36.8. The highest BCUT2D eigenvalue weighted by Crippen LogP contribution is 2.44. The van der Waals surface area contributed by atoms with E-state index in [1.54, 1.807) is 24.3 Å². The van der Waals surface area contributed by atoms with Crippen molar-refractivity contribution in [3.8, 4) is 33.4 Å². The molecule has 0 radical (unpaired) electrons. The SMILES string of the molecule is NS(=O)(=O)c1ccc(-c2cc3cccccc-3c2-c2ccc(F)c(Cl)c2)cc1. The number of benzene rings is 2. The molecule has 2 aromatic rings. The molecule has 0 amide bonds. The van der Waals surface area contributed by atoms with Gasteiger partial charge in [-0.25, -0.2) is 17.9 Å². The molecule has 4 rings (SSSR count). The Bertz CT molecular complexity index is 1250. The van der Waals surface area contributed by atoms with E-state index in [-0.39, 0.29) is 9.92 Å². The molecule has 2 aliphatic carbocycles. The van der Waals surface area contributed by atoms with E-state index < -0.39 is 15.8 Å². The fourth-order valence-electron chi connectivity index (χ4n) is 3.30. The summed E-state index contributed by atoms with van der Waals surface area (Å²) in [5.41, 5.74) is 5.38.